The van der Waals surface area contributed by atoms with E-state index in [1.54, 1.807) is 6.07 Å². The third-order valence-electron chi connectivity index (χ3n) is 5.95. The molecule has 0 bridgehead atoms. The van der Waals surface area contributed by atoms with Crippen LogP contribution in [0.3, 0.4) is 0 Å². The first-order valence-electron chi connectivity index (χ1n) is 11.3. The Kier molecular flexibility index (Phi) is 7.59. The minimum atomic E-state index is -3.97. The maximum absolute atomic E-state index is 13.8. The van der Waals surface area contributed by atoms with Gasteiger partial charge in [-0.1, -0.05) is 42.5 Å². The van der Waals surface area contributed by atoms with E-state index in [0.717, 1.165) is 32.5 Å². The molecule has 0 spiro atoms. The lowest BCUT2D eigenvalue weighted by Gasteiger charge is -2.32. The lowest BCUT2D eigenvalue weighted by Crippen LogP contribution is -2.40. The smallest absolute Gasteiger partial charge is 0.261 e. The Hall–Kier alpha value is -3.23. The van der Waals surface area contributed by atoms with Crippen LogP contribution in [0.25, 0.3) is 0 Å². The standard InChI is InChI=1S/C26H28FN3O3S/c27-24-10-4-5-11-25(24)29-34(32,33)23-14-12-22(13-15-23)26(31)28-17-21-9-6-16-30(19-21)18-20-7-2-1-3-8-20/h1-5,7-8,10-15,21,29H,6,9,16-19H2,(H,28,31). The van der Waals surface area contributed by atoms with Crippen LogP contribution in [0, 0.1) is 11.7 Å². The second-order valence-corrected chi connectivity index (χ2v) is 10.2. The molecule has 0 radical (unpaired) electrons. The fraction of sp³-hybridized carbons (Fsp3) is 0.269. The Morgan fingerprint density at radius 1 is 0.971 bits per heavy atom. The third-order valence-corrected chi connectivity index (χ3v) is 7.33. The average molecular weight is 482 g/mol. The van der Waals surface area contributed by atoms with Crippen molar-refractivity contribution in [1.82, 2.24) is 10.2 Å². The van der Waals surface area contributed by atoms with Crippen LogP contribution in [0.15, 0.2) is 83.8 Å². The Morgan fingerprint density at radius 2 is 1.68 bits per heavy atom. The highest BCUT2D eigenvalue weighted by molar-refractivity contribution is 7.92. The minimum absolute atomic E-state index is 0.0452. The second-order valence-electron chi connectivity index (χ2n) is 8.55. The van der Waals surface area contributed by atoms with Crippen molar-refractivity contribution in [2.75, 3.05) is 24.4 Å². The van der Waals surface area contributed by atoms with E-state index in [2.05, 4.69) is 27.1 Å². The fourth-order valence-corrected chi connectivity index (χ4v) is 5.24. The molecule has 1 unspecified atom stereocenters. The molecule has 1 atom stereocenters. The largest absolute Gasteiger partial charge is 0.352 e. The number of anilines is 1. The highest BCUT2D eigenvalue weighted by Crippen LogP contribution is 2.20. The van der Waals surface area contributed by atoms with Crippen molar-refractivity contribution in [3.05, 3.63) is 95.8 Å². The Bertz CT molecular complexity index is 1220. The summed E-state index contributed by atoms with van der Waals surface area (Å²) in [6, 6.07) is 21.5. The van der Waals surface area contributed by atoms with E-state index < -0.39 is 15.8 Å². The van der Waals surface area contributed by atoms with Crippen LogP contribution in [0.4, 0.5) is 10.1 Å². The van der Waals surface area contributed by atoms with E-state index >= 15 is 0 Å². The molecule has 4 rings (SSSR count). The van der Waals surface area contributed by atoms with Gasteiger partial charge in [0.2, 0.25) is 0 Å². The van der Waals surface area contributed by atoms with Crippen molar-refractivity contribution < 1.29 is 17.6 Å². The number of nitrogens with zero attached hydrogens (tertiary/aromatic N) is 1. The molecule has 6 nitrogen and oxygen atoms in total. The third kappa shape index (κ3) is 6.21. The van der Waals surface area contributed by atoms with Crippen molar-refractivity contribution in [3.63, 3.8) is 0 Å². The van der Waals surface area contributed by atoms with E-state index in [9.17, 15) is 17.6 Å². The number of sulfonamides is 1. The number of rotatable bonds is 8. The van der Waals surface area contributed by atoms with Gasteiger partial charge in [0.15, 0.2) is 0 Å². The molecule has 0 aromatic heterocycles. The van der Waals surface area contributed by atoms with Crippen molar-refractivity contribution in [2.45, 2.75) is 24.3 Å². The number of benzene rings is 3. The number of para-hydroxylation sites is 1. The van der Waals surface area contributed by atoms with Gasteiger partial charge in [0.25, 0.3) is 15.9 Å². The molecule has 1 aliphatic heterocycles. The van der Waals surface area contributed by atoms with Crippen molar-refractivity contribution in [3.8, 4) is 0 Å². The van der Waals surface area contributed by atoms with Crippen LogP contribution in [-0.2, 0) is 16.6 Å². The lowest BCUT2D eigenvalue weighted by molar-refractivity contribution is 0.0930. The van der Waals surface area contributed by atoms with Crippen LogP contribution in [0.2, 0.25) is 0 Å². The molecule has 34 heavy (non-hydrogen) atoms. The van der Waals surface area contributed by atoms with Gasteiger partial charge >= 0.3 is 0 Å². The zero-order chi connectivity index (χ0) is 24.0. The van der Waals surface area contributed by atoms with Gasteiger partial charge in [-0.2, -0.15) is 0 Å². The molecule has 1 heterocycles. The SMILES string of the molecule is O=C(NCC1CCCN(Cc2ccccc2)C1)c1ccc(S(=O)(=O)Nc2ccccc2F)cc1. The number of carbonyl (C=O) groups is 1. The summed E-state index contributed by atoms with van der Waals surface area (Å²) in [6.45, 7) is 3.45. The zero-order valence-corrected chi connectivity index (χ0v) is 19.6. The summed E-state index contributed by atoms with van der Waals surface area (Å²) in [4.78, 5) is 15.0. The highest BCUT2D eigenvalue weighted by atomic mass is 32.2. The maximum Gasteiger partial charge on any atom is 0.261 e. The minimum Gasteiger partial charge on any atom is -0.352 e. The van der Waals surface area contributed by atoms with Crippen molar-refractivity contribution in [2.24, 2.45) is 5.92 Å². The van der Waals surface area contributed by atoms with Crippen LogP contribution >= 0.6 is 0 Å². The summed E-state index contributed by atoms with van der Waals surface area (Å²) in [5, 5.41) is 2.98. The Morgan fingerprint density at radius 3 is 2.41 bits per heavy atom. The molecular formula is C26H28FN3O3S. The van der Waals surface area contributed by atoms with E-state index in [1.165, 1.54) is 48.0 Å². The van der Waals surface area contributed by atoms with Crippen LogP contribution < -0.4 is 10.0 Å². The average Bonchev–Trinajstić information content (AvgIpc) is 2.85. The van der Waals surface area contributed by atoms with Crippen molar-refractivity contribution >= 4 is 21.6 Å². The van der Waals surface area contributed by atoms with E-state index in [1.807, 2.05) is 18.2 Å². The van der Waals surface area contributed by atoms with Gasteiger partial charge in [0.1, 0.15) is 5.82 Å². The van der Waals surface area contributed by atoms with E-state index in [0.29, 0.717) is 18.0 Å². The number of hydrogen-bond acceptors (Lipinski definition) is 4. The van der Waals surface area contributed by atoms with E-state index in [4.69, 9.17) is 0 Å². The summed E-state index contributed by atoms with van der Waals surface area (Å²) in [5.74, 6) is -0.538. The maximum atomic E-state index is 13.8. The first kappa shape index (κ1) is 23.9. The monoisotopic (exact) mass is 481 g/mol. The van der Waals surface area contributed by atoms with Gasteiger partial charge in [-0.25, -0.2) is 12.8 Å². The number of nitrogens with one attached hydrogen (secondary N) is 2. The first-order valence-corrected chi connectivity index (χ1v) is 12.8. The molecule has 1 aliphatic rings. The van der Waals surface area contributed by atoms with Crippen LogP contribution in [0.5, 0.6) is 0 Å². The number of piperidine rings is 1. The normalized spacial score (nSPS) is 16.7. The van der Waals surface area contributed by atoms with Gasteiger partial charge in [0, 0.05) is 25.2 Å². The predicted molar refractivity (Wildman–Crippen MR) is 130 cm³/mol. The molecule has 3 aromatic carbocycles. The summed E-state index contributed by atoms with van der Waals surface area (Å²) >= 11 is 0. The molecule has 3 aromatic rings. The molecule has 0 saturated carbocycles. The molecule has 1 saturated heterocycles. The van der Waals surface area contributed by atoms with Crippen LogP contribution in [0.1, 0.15) is 28.8 Å². The topological polar surface area (TPSA) is 78.5 Å². The highest BCUT2D eigenvalue weighted by Gasteiger charge is 2.21. The first-order chi connectivity index (χ1) is 16.4. The van der Waals surface area contributed by atoms with Gasteiger partial charge in [0.05, 0.1) is 10.6 Å². The van der Waals surface area contributed by atoms with Gasteiger partial charge in [-0.15, -0.1) is 0 Å². The summed E-state index contributed by atoms with van der Waals surface area (Å²) in [5.41, 5.74) is 1.53. The second kappa shape index (κ2) is 10.8. The number of amides is 1. The fourth-order valence-electron chi connectivity index (χ4n) is 4.18. The molecular weight excluding hydrogens is 453 g/mol. The predicted octanol–water partition coefficient (Wildman–Crippen LogP) is 4.27. The Labute approximate surface area is 199 Å². The molecule has 2 N–H and O–H groups in total. The molecule has 1 fully saturated rings. The lowest BCUT2D eigenvalue weighted by atomic mass is 9.97. The van der Waals surface area contributed by atoms with Gasteiger partial charge in [-0.05, 0) is 67.3 Å². The summed E-state index contributed by atoms with van der Waals surface area (Å²) < 4.78 is 41.1. The Balaban J connectivity index is 1.31. The molecule has 8 heteroatoms. The summed E-state index contributed by atoms with van der Waals surface area (Å²) in [7, 11) is -3.97. The number of likely N-dealkylation sites (tertiary alicyclic amines) is 1. The quantitative estimate of drug-likeness (QED) is 0.504. The van der Waals surface area contributed by atoms with Gasteiger partial charge in [-0.3, -0.25) is 14.4 Å². The number of hydrogen-bond donors (Lipinski definition) is 2. The molecule has 178 valence electrons. The van der Waals surface area contributed by atoms with E-state index in [-0.39, 0.29) is 16.5 Å². The number of carbonyl (C=O) groups excluding carboxylic acids is 1. The molecule has 0 aliphatic carbocycles. The van der Waals surface area contributed by atoms with Crippen molar-refractivity contribution in [1.29, 1.82) is 0 Å². The molecule has 1 amide bonds. The number of halogens is 1. The zero-order valence-electron chi connectivity index (χ0n) is 18.8. The van der Waals surface area contributed by atoms with Gasteiger partial charge < -0.3 is 5.32 Å². The summed E-state index contributed by atoms with van der Waals surface area (Å²) in [6.07, 6.45) is 2.15. The van der Waals surface area contributed by atoms with Crippen LogP contribution in [-0.4, -0.2) is 38.9 Å².